The summed E-state index contributed by atoms with van der Waals surface area (Å²) in [6.07, 6.45) is 0.588. The van der Waals surface area contributed by atoms with Crippen LogP contribution in [0.15, 0.2) is 18.2 Å². The summed E-state index contributed by atoms with van der Waals surface area (Å²) < 4.78 is 19.1. The third kappa shape index (κ3) is 3.35. The van der Waals surface area contributed by atoms with Gasteiger partial charge in [0.2, 0.25) is 5.91 Å². The summed E-state index contributed by atoms with van der Waals surface area (Å²) in [7, 11) is 0. The first-order valence-corrected chi connectivity index (χ1v) is 6.52. The number of amides is 1. The minimum Gasteiger partial charge on any atom is -0.378 e. The van der Waals surface area contributed by atoms with Crippen molar-refractivity contribution < 1.29 is 13.9 Å². The van der Waals surface area contributed by atoms with E-state index in [4.69, 9.17) is 10.5 Å². The third-order valence-electron chi connectivity index (χ3n) is 3.27. The van der Waals surface area contributed by atoms with Crippen LogP contribution in [0.3, 0.4) is 0 Å². The molecule has 0 spiro atoms. The molecule has 5 heteroatoms. The molecule has 2 rings (SSSR count). The molecular weight excluding hydrogens is 259 g/mol. The maximum Gasteiger partial charge on any atom is 0.230 e. The van der Waals surface area contributed by atoms with Crippen molar-refractivity contribution in [3.63, 3.8) is 0 Å². The Labute approximate surface area is 117 Å². The Morgan fingerprint density at radius 2 is 2.40 bits per heavy atom. The van der Waals surface area contributed by atoms with Gasteiger partial charge in [-0.2, -0.15) is 0 Å². The minimum atomic E-state index is -0.473. The number of hydrogen-bond donors (Lipinski definition) is 2. The van der Waals surface area contributed by atoms with Crippen LogP contribution in [-0.2, 0) is 9.53 Å². The number of ether oxygens (including phenoxy) is 1. The Hall–Kier alpha value is -1.90. The molecule has 106 valence electrons. The van der Waals surface area contributed by atoms with Crippen molar-refractivity contribution >= 4 is 11.6 Å². The number of carbonyl (C=O) groups excluding carboxylic acids is 1. The molecule has 20 heavy (non-hydrogen) atoms. The molecule has 1 aromatic rings. The van der Waals surface area contributed by atoms with Gasteiger partial charge in [0.05, 0.1) is 24.1 Å². The maximum atomic E-state index is 13.8. The lowest BCUT2D eigenvalue weighted by Crippen LogP contribution is -2.27. The van der Waals surface area contributed by atoms with E-state index in [0.29, 0.717) is 18.7 Å². The van der Waals surface area contributed by atoms with Gasteiger partial charge in [-0.1, -0.05) is 11.8 Å². The van der Waals surface area contributed by atoms with E-state index in [2.05, 4.69) is 17.2 Å². The quantitative estimate of drug-likeness (QED) is 0.805. The van der Waals surface area contributed by atoms with Crippen molar-refractivity contribution in [1.29, 1.82) is 0 Å². The fourth-order valence-electron chi connectivity index (χ4n) is 2.15. The molecule has 1 aromatic carbocycles. The lowest BCUT2D eigenvalue weighted by atomic mass is 10.0. The number of hydrogen-bond acceptors (Lipinski definition) is 3. The van der Waals surface area contributed by atoms with Crippen molar-refractivity contribution in [1.82, 2.24) is 0 Å². The Morgan fingerprint density at radius 1 is 1.60 bits per heavy atom. The lowest BCUT2D eigenvalue weighted by Gasteiger charge is -2.14. The highest BCUT2D eigenvalue weighted by molar-refractivity contribution is 5.93. The highest BCUT2D eigenvalue weighted by Gasteiger charge is 2.30. The first kappa shape index (κ1) is 14.5. The molecule has 3 N–H and O–H groups in total. The summed E-state index contributed by atoms with van der Waals surface area (Å²) >= 11 is 0. The van der Waals surface area contributed by atoms with Crippen LogP contribution in [0.1, 0.15) is 18.9 Å². The molecule has 4 nitrogen and oxygen atoms in total. The molecule has 0 saturated carbocycles. The van der Waals surface area contributed by atoms with Crippen molar-refractivity contribution in [3.05, 3.63) is 29.6 Å². The molecule has 1 fully saturated rings. The van der Waals surface area contributed by atoms with Crippen LogP contribution in [0, 0.1) is 23.6 Å². The molecule has 0 aliphatic carbocycles. The van der Waals surface area contributed by atoms with Crippen molar-refractivity contribution in [2.24, 2.45) is 11.7 Å². The van der Waals surface area contributed by atoms with E-state index >= 15 is 0 Å². The predicted molar refractivity (Wildman–Crippen MR) is 74.5 cm³/mol. The van der Waals surface area contributed by atoms with Crippen LogP contribution >= 0.6 is 0 Å². The highest BCUT2D eigenvalue weighted by atomic mass is 19.1. The minimum absolute atomic E-state index is 0.102. The van der Waals surface area contributed by atoms with Crippen LogP contribution < -0.4 is 11.1 Å². The second kappa shape index (κ2) is 6.51. The number of rotatable bonds is 2. The second-order valence-corrected chi connectivity index (χ2v) is 4.66. The Balaban J connectivity index is 2.06. The largest absolute Gasteiger partial charge is 0.378 e. The SMILES string of the molecule is CC1OCCC1C(=O)Nc1ccc(C#CCN)c(F)c1. The molecule has 0 radical (unpaired) electrons. The number of halogens is 1. The first-order chi connectivity index (χ1) is 9.61. The summed E-state index contributed by atoms with van der Waals surface area (Å²) in [4.78, 5) is 12.0. The normalized spacial score (nSPS) is 21.1. The summed E-state index contributed by atoms with van der Waals surface area (Å²) in [5.74, 6) is 4.42. The second-order valence-electron chi connectivity index (χ2n) is 4.66. The van der Waals surface area contributed by atoms with Gasteiger partial charge in [-0.25, -0.2) is 4.39 Å². The van der Waals surface area contributed by atoms with Crippen LogP contribution in [0.5, 0.6) is 0 Å². The van der Waals surface area contributed by atoms with Gasteiger partial charge in [-0.3, -0.25) is 4.79 Å². The predicted octanol–water partition coefficient (Wildman–Crippen LogP) is 1.50. The van der Waals surface area contributed by atoms with E-state index in [-0.39, 0.29) is 30.0 Å². The molecule has 1 amide bonds. The van der Waals surface area contributed by atoms with Gasteiger partial charge >= 0.3 is 0 Å². The van der Waals surface area contributed by atoms with E-state index in [0.717, 1.165) is 0 Å². The summed E-state index contributed by atoms with van der Waals surface area (Å²) in [5, 5.41) is 2.71. The standard InChI is InChI=1S/C15H17FN2O2/c1-10-13(6-8-20-10)15(19)18-12-5-4-11(3-2-7-17)14(16)9-12/h4-5,9-10,13H,6-8,17H2,1H3,(H,18,19). The van der Waals surface area contributed by atoms with Gasteiger partial charge in [-0.05, 0) is 31.5 Å². The van der Waals surface area contributed by atoms with E-state index in [1.807, 2.05) is 6.92 Å². The van der Waals surface area contributed by atoms with Crippen LogP contribution in [0.2, 0.25) is 0 Å². The lowest BCUT2D eigenvalue weighted by molar-refractivity contribution is -0.121. The zero-order valence-corrected chi connectivity index (χ0v) is 11.3. The fourth-order valence-corrected chi connectivity index (χ4v) is 2.15. The van der Waals surface area contributed by atoms with E-state index in [1.165, 1.54) is 12.1 Å². The topological polar surface area (TPSA) is 64.3 Å². The third-order valence-corrected chi connectivity index (χ3v) is 3.27. The average Bonchev–Trinajstić information content (AvgIpc) is 2.84. The zero-order chi connectivity index (χ0) is 14.5. The maximum absolute atomic E-state index is 13.8. The number of nitrogens with one attached hydrogen (secondary N) is 1. The summed E-state index contributed by atoms with van der Waals surface area (Å²) in [6.45, 7) is 2.63. The Morgan fingerprint density at radius 3 is 3.00 bits per heavy atom. The molecule has 1 heterocycles. The highest BCUT2D eigenvalue weighted by Crippen LogP contribution is 2.22. The van der Waals surface area contributed by atoms with Gasteiger partial charge in [0.15, 0.2) is 0 Å². The van der Waals surface area contributed by atoms with Gasteiger partial charge in [0.1, 0.15) is 5.82 Å². The number of anilines is 1. The van der Waals surface area contributed by atoms with Gasteiger partial charge < -0.3 is 15.8 Å². The molecule has 1 aliphatic rings. The van der Waals surface area contributed by atoms with Gasteiger partial charge in [-0.15, -0.1) is 0 Å². The average molecular weight is 276 g/mol. The number of nitrogens with two attached hydrogens (primary N) is 1. The summed E-state index contributed by atoms with van der Waals surface area (Å²) in [5.41, 5.74) is 5.93. The van der Waals surface area contributed by atoms with Crippen molar-refractivity contribution in [3.8, 4) is 11.8 Å². The molecule has 0 bridgehead atoms. The molecule has 1 saturated heterocycles. The van der Waals surface area contributed by atoms with Crippen LogP contribution in [0.25, 0.3) is 0 Å². The molecular formula is C15H17FN2O2. The summed E-state index contributed by atoms with van der Waals surface area (Å²) in [6, 6.07) is 4.42. The van der Waals surface area contributed by atoms with E-state index < -0.39 is 5.82 Å². The smallest absolute Gasteiger partial charge is 0.230 e. The van der Waals surface area contributed by atoms with E-state index in [1.54, 1.807) is 6.07 Å². The molecule has 0 aromatic heterocycles. The molecule has 1 aliphatic heterocycles. The monoisotopic (exact) mass is 276 g/mol. The molecule has 2 unspecified atom stereocenters. The van der Waals surface area contributed by atoms with Crippen molar-refractivity contribution in [2.45, 2.75) is 19.4 Å². The fraction of sp³-hybridized carbons (Fsp3) is 0.400. The first-order valence-electron chi connectivity index (χ1n) is 6.52. The van der Waals surface area contributed by atoms with E-state index in [9.17, 15) is 9.18 Å². The number of benzene rings is 1. The zero-order valence-electron chi connectivity index (χ0n) is 11.3. The Kier molecular flexibility index (Phi) is 4.72. The molecule has 2 atom stereocenters. The van der Waals surface area contributed by atoms with Crippen molar-refractivity contribution in [2.75, 3.05) is 18.5 Å². The van der Waals surface area contributed by atoms with Gasteiger partial charge in [0.25, 0.3) is 0 Å². The van der Waals surface area contributed by atoms with Crippen LogP contribution in [0.4, 0.5) is 10.1 Å². The number of carbonyl (C=O) groups is 1. The Bertz CT molecular complexity index is 563. The van der Waals surface area contributed by atoms with Crippen LogP contribution in [-0.4, -0.2) is 25.2 Å². The van der Waals surface area contributed by atoms with Gasteiger partial charge in [0, 0.05) is 12.3 Å².